The van der Waals surface area contributed by atoms with Crippen molar-refractivity contribution in [2.24, 2.45) is 11.7 Å². The highest BCUT2D eigenvalue weighted by Gasteiger charge is 2.27. The zero-order chi connectivity index (χ0) is 13.9. The Kier molecular flexibility index (Phi) is 4.24. The zero-order valence-electron chi connectivity index (χ0n) is 11.2. The molecule has 0 spiro atoms. The van der Waals surface area contributed by atoms with Gasteiger partial charge in [0.25, 0.3) is 5.69 Å². The van der Waals surface area contributed by atoms with Crippen LogP contribution in [0.15, 0.2) is 12.3 Å². The first-order valence-corrected chi connectivity index (χ1v) is 5.89. The standard InChI is InChI=1S/C12H20N4O2/c1-8(2)12(4,7-13)15-11-5-10(16(17)18)9(3)6-14-11/h5-6,8H,7,13H2,1-4H3,(H,14,15). The molecule has 1 atom stereocenters. The largest absolute Gasteiger partial charge is 0.363 e. The smallest absolute Gasteiger partial charge is 0.277 e. The van der Waals surface area contributed by atoms with Crippen molar-refractivity contribution in [1.82, 2.24) is 4.98 Å². The minimum Gasteiger partial charge on any atom is -0.363 e. The first-order chi connectivity index (χ1) is 8.30. The van der Waals surface area contributed by atoms with Gasteiger partial charge in [0.2, 0.25) is 0 Å². The maximum Gasteiger partial charge on any atom is 0.277 e. The molecule has 18 heavy (non-hydrogen) atoms. The van der Waals surface area contributed by atoms with Crippen LogP contribution in [0, 0.1) is 23.0 Å². The number of anilines is 1. The average Bonchev–Trinajstić information content (AvgIpc) is 2.30. The number of nitro groups is 1. The Hall–Kier alpha value is -1.69. The number of pyridine rings is 1. The van der Waals surface area contributed by atoms with Crippen molar-refractivity contribution in [3.63, 3.8) is 0 Å². The van der Waals surface area contributed by atoms with Gasteiger partial charge >= 0.3 is 0 Å². The molecule has 0 amide bonds. The molecule has 0 saturated heterocycles. The summed E-state index contributed by atoms with van der Waals surface area (Å²) >= 11 is 0. The molecule has 1 aromatic rings. The van der Waals surface area contributed by atoms with Crippen molar-refractivity contribution in [1.29, 1.82) is 0 Å². The van der Waals surface area contributed by atoms with E-state index in [-0.39, 0.29) is 17.1 Å². The summed E-state index contributed by atoms with van der Waals surface area (Å²) in [6, 6.07) is 1.45. The summed E-state index contributed by atoms with van der Waals surface area (Å²) in [6.45, 7) is 8.16. The van der Waals surface area contributed by atoms with E-state index in [1.54, 1.807) is 6.92 Å². The number of aryl methyl sites for hydroxylation is 1. The molecule has 1 unspecified atom stereocenters. The van der Waals surface area contributed by atoms with Crippen molar-refractivity contribution in [3.05, 3.63) is 27.9 Å². The third kappa shape index (κ3) is 2.95. The Morgan fingerprint density at radius 2 is 2.22 bits per heavy atom. The van der Waals surface area contributed by atoms with E-state index < -0.39 is 4.92 Å². The van der Waals surface area contributed by atoms with Crippen molar-refractivity contribution >= 4 is 11.5 Å². The van der Waals surface area contributed by atoms with Crippen LogP contribution in [-0.2, 0) is 0 Å². The Morgan fingerprint density at radius 1 is 1.61 bits per heavy atom. The van der Waals surface area contributed by atoms with Crippen LogP contribution in [0.5, 0.6) is 0 Å². The molecule has 1 heterocycles. The van der Waals surface area contributed by atoms with Gasteiger partial charge in [-0.15, -0.1) is 0 Å². The maximum absolute atomic E-state index is 10.9. The predicted molar refractivity (Wildman–Crippen MR) is 71.5 cm³/mol. The molecular weight excluding hydrogens is 232 g/mol. The third-order valence-electron chi connectivity index (χ3n) is 3.38. The second-order valence-corrected chi connectivity index (χ2v) is 5.01. The second kappa shape index (κ2) is 5.30. The second-order valence-electron chi connectivity index (χ2n) is 5.01. The SMILES string of the molecule is Cc1cnc(NC(C)(CN)C(C)C)cc1[N+](=O)[O-]. The number of nitrogens with zero attached hydrogens (tertiary/aromatic N) is 2. The lowest BCUT2D eigenvalue weighted by atomic mass is 9.88. The van der Waals surface area contributed by atoms with Crippen LogP contribution >= 0.6 is 0 Å². The highest BCUT2D eigenvalue weighted by molar-refractivity contribution is 5.50. The van der Waals surface area contributed by atoms with Crippen LogP contribution in [-0.4, -0.2) is 22.0 Å². The highest BCUT2D eigenvalue weighted by Crippen LogP contribution is 2.25. The summed E-state index contributed by atoms with van der Waals surface area (Å²) in [5.74, 6) is 0.763. The Balaban J connectivity index is 3.05. The number of hydrogen-bond acceptors (Lipinski definition) is 5. The van der Waals surface area contributed by atoms with Gasteiger partial charge < -0.3 is 11.1 Å². The van der Waals surface area contributed by atoms with Crippen molar-refractivity contribution in [2.75, 3.05) is 11.9 Å². The minimum absolute atomic E-state index is 0.0654. The molecule has 1 rings (SSSR count). The van der Waals surface area contributed by atoms with Crippen molar-refractivity contribution in [2.45, 2.75) is 33.2 Å². The highest BCUT2D eigenvalue weighted by atomic mass is 16.6. The summed E-state index contributed by atoms with van der Waals surface area (Å²) in [5.41, 5.74) is 6.03. The normalized spacial score (nSPS) is 14.3. The summed E-state index contributed by atoms with van der Waals surface area (Å²) < 4.78 is 0. The monoisotopic (exact) mass is 252 g/mol. The lowest BCUT2D eigenvalue weighted by molar-refractivity contribution is -0.385. The molecule has 0 aliphatic carbocycles. The molecule has 0 bridgehead atoms. The van der Waals surface area contributed by atoms with Gasteiger partial charge in [0.1, 0.15) is 5.82 Å². The van der Waals surface area contributed by atoms with Crippen molar-refractivity contribution in [3.8, 4) is 0 Å². The first kappa shape index (κ1) is 14.4. The number of nitrogens with two attached hydrogens (primary N) is 1. The summed E-state index contributed by atoms with van der Waals surface area (Å²) in [5, 5.41) is 14.1. The summed E-state index contributed by atoms with van der Waals surface area (Å²) in [7, 11) is 0. The molecular formula is C12H20N4O2. The van der Waals surface area contributed by atoms with E-state index in [9.17, 15) is 10.1 Å². The fourth-order valence-electron chi connectivity index (χ4n) is 1.50. The van der Waals surface area contributed by atoms with Gasteiger partial charge in [0.05, 0.1) is 16.5 Å². The van der Waals surface area contributed by atoms with Gasteiger partial charge in [-0.25, -0.2) is 4.98 Å². The molecule has 0 radical (unpaired) electrons. The first-order valence-electron chi connectivity index (χ1n) is 5.89. The quantitative estimate of drug-likeness (QED) is 0.618. The lowest BCUT2D eigenvalue weighted by Gasteiger charge is -2.34. The molecule has 0 aromatic carbocycles. The van der Waals surface area contributed by atoms with Gasteiger partial charge in [-0.1, -0.05) is 13.8 Å². The summed E-state index contributed by atoms with van der Waals surface area (Å²) in [4.78, 5) is 14.6. The van der Waals surface area contributed by atoms with Gasteiger partial charge in [-0.05, 0) is 19.8 Å². The maximum atomic E-state index is 10.9. The Labute approximate surface area is 107 Å². The van der Waals surface area contributed by atoms with Gasteiger partial charge in [0, 0.05) is 18.3 Å². The van der Waals surface area contributed by atoms with Crippen LogP contribution in [0.25, 0.3) is 0 Å². The predicted octanol–water partition coefficient (Wildman–Crippen LogP) is 2.08. The van der Waals surface area contributed by atoms with E-state index in [1.165, 1.54) is 12.3 Å². The van der Waals surface area contributed by atoms with E-state index in [0.717, 1.165) is 0 Å². The fourth-order valence-corrected chi connectivity index (χ4v) is 1.50. The number of aromatic nitrogens is 1. The zero-order valence-corrected chi connectivity index (χ0v) is 11.2. The van der Waals surface area contributed by atoms with Gasteiger partial charge in [-0.2, -0.15) is 0 Å². The van der Waals surface area contributed by atoms with E-state index in [4.69, 9.17) is 5.73 Å². The molecule has 3 N–H and O–H groups in total. The Bertz CT molecular complexity index is 448. The van der Waals surface area contributed by atoms with E-state index >= 15 is 0 Å². The lowest BCUT2D eigenvalue weighted by Crippen LogP contribution is -2.47. The summed E-state index contributed by atoms with van der Waals surface area (Å²) in [6.07, 6.45) is 1.50. The molecule has 0 fully saturated rings. The number of nitrogens with one attached hydrogen (secondary N) is 1. The van der Waals surface area contributed by atoms with Crippen molar-refractivity contribution < 1.29 is 4.92 Å². The molecule has 0 saturated carbocycles. The third-order valence-corrected chi connectivity index (χ3v) is 3.38. The molecule has 0 aliphatic rings. The molecule has 100 valence electrons. The Morgan fingerprint density at radius 3 is 2.67 bits per heavy atom. The fraction of sp³-hybridized carbons (Fsp3) is 0.583. The topological polar surface area (TPSA) is 94.1 Å². The molecule has 0 aliphatic heterocycles. The van der Waals surface area contributed by atoms with Crippen LogP contribution in [0.2, 0.25) is 0 Å². The minimum atomic E-state index is -0.405. The number of rotatable bonds is 5. The number of hydrogen-bond donors (Lipinski definition) is 2. The average molecular weight is 252 g/mol. The van der Waals surface area contributed by atoms with E-state index in [2.05, 4.69) is 10.3 Å². The van der Waals surface area contributed by atoms with Crippen LogP contribution in [0.1, 0.15) is 26.3 Å². The van der Waals surface area contributed by atoms with E-state index in [1.807, 2.05) is 20.8 Å². The molecule has 6 heteroatoms. The van der Waals surface area contributed by atoms with Gasteiger partial charge in [-0.3, -0.25) is 10.1 Å². The van der Waals surface area contributed by atoms with Crippen LogP contribution in [0.3, 0.4) is 0 Å². The molecule has 1 aromatic heterocycles. The van der Waals surface area contributed by atoms with Crippen LogP contribution in [0.4, 0.5) is 11.5 Å². The van der Waals surface area contributed by atoms with Gasteiger partial charge in [0.15, 0.2) is 0 Å². The van der Waals surface area contributed by atoms with Crippen LogP contribution < -0.4 is 11.1 Å². The van der Waals surface area contributed by atoms with E-state index in [0.29, 0.717) is 17.9 Å². The molecule has 6 nitrogen and oxygen atoms in total.